The summed E-state index contributed by atoms with van der Waals surface area (Å²) in [6.07, 6.45) is 2.32. The van der Waals surface area contributed by atoms with Crippen LogP contribution in [0.15, 0.2) is 12.2 Å². The maximum atomic E-state index is 11.3. The van der Waals surface area contributed by atoms with Crippen LogP contribution in [0.2, 0.25) is 51.9 Å². The Balaban J connectivity index is 4.51. The molecule has 1 N–H and O–H groups in total. The molecule has 23 heavy (non-hydrogen) atoms. The fourth-order valence-corrected chi connectivity index (χ4v) is 14.7. The van der Waals surface area contributed by atoms with Crippen molar-refractivity contribution < 1.29 is 27.7 Å². The predicted molar refractivity (Wildman–Crippen MR) is 97.6 cm³/mol. The smallest absolute Gasteiger partial charge is 0.331 e. The fourth-order valence-electron chi connectivity index (χ4n) is 2.17. The van der Waals surface area contributed by atoms with Gasteiger partial charge in [0, 0.05) is 12.2 Å². The Morgan fingerprint density at radius 2 is 1.39 bits per heavy atom. The number of carboxylic acid groups (broad SMARTS) is 1. The first-order chi connectivity index (χ1) is 10.2. The lowest BCUT2D eigenvalue weighted by molar-refractivity contribution is -0.138. The number of carboxylic acids is 1. The van der Waals surface area contributed by atoms with Crippen LogP contribution in [0.25, 0.3) is 0 Å². The first-order valence-electron chi connectivity index (χ1n) is 7.71. The van der Waals surface area contributed by atoms with Crippen LogP contribution in [0, 0.1) is 0 Å². The molecular weight excluding hydrogens is 348 g/mol. The summed E-state index contributed by atoms with van der Waals surface area (Å²) >= 11 is 0. The third kappa shape index (κ3) is 13.4. The average Bonchev–Trinajstić information content (AvgIpc) is 2.27. The van der Waals surface area contributed by atoms with Gasteiger partial charge in [0.1, 0.15) is 0 Å². The molecule has 134 valence electrons. The molecule has 0 aliphatic heterocycles. The summed E-state index contributed by atoms with van der Waals surface area (Å²) in [5.74, 6) is -1.82. The van der Waals surface area contributed by atoms with Gasteiger partial charge in [0.05, 0.1) is 6.61 Å². The molecule has 6 nitrogen and oxygen atoms in total. The molecule has 0 bridgehead atoms. The van der Waals surface area contributed by atoms with E-state index in [0.717, 1.165) is 18.2 Å². The van der Waals surface area contributed by atoms with Crippen molar-refractivity contribution in [2.75, 3.05) is 6.61 Å². The van der Waals surface area contributed by atoms with Crippen molar-refractivity contribution in [3.05, 3.63) is 12.2 Å². The van der Waals surface area contributed by atoms with Crippen LogP contribution in [0.4, 0.5) is 0 Å². The van der Waals surface area contributed by atoms with Crippen LogP contribution in [0.3, 0.4) is 0 Å². The molecule has 0 aliphatic rings. The summed E-state index contributed by atoms with van der Waals surface area (Å²) in [6, 6.07) is 0.747. The lowest BCUT2D eigenvalue weighted by Crippen LogP contribution is -2.52. The van der Waals surface area contributed by atoms with E-state index in [1.807, 2.05) is 0 Å². The van der Waals surface area contributed by atoms with E-state index in [4.69, 9.17) is 18.1 Å². The highest BCUT2D eigenvalue weighted by atomic mass is 28.5. The zero-order valence-electron chi connectivity index (χ0n) is 15.3. The molecule has 9 heteroatoms. The lowest BCUT2D eigenvalue weighted by atomic mass is 10.5. The number of aliphatic carboxylic acids is 1. The molecule has 0 unspecified atom stereocenters. The van der Waals surface area contributed by atoms with Crippen LogP contribution in [0.5, 0.6) is 0 Å². The van der Waals surface area contributed by atoms with E-state index < -0.39 is 37.1 Å². The van der Waals surface area contributed by atoms with Gasteiger partial charge < -0.3 is 18.1 Å². The molecule has 0 saturated carbocycles. The van der Waals surface area contributed by atoms with Crippen LogP contribution in [0.1, 0.15) is 6.42 Å². The van der Waals surface area contributed by atoms with Gasteiger partial charge in [-0.2, -0.15) is 0 Å². The first-order valence-corrected chi connectivity index (χ1v) is 17.0. The van der Waals surface area contributed by atoms with Crippen LogP contribution >= 0.6 is 0 Å². The summed E-state index contributed by atoms with van der Waals surface area (Å²) < 4.78 is 17.7. The SMILES string of the molecule is C[Si](C)(C)O[Si](C)(CCCOC(=O)/C=C/C(=O)O)O[Si](C)(C)C. The molecule has 0 amide bonds. The molecular formula is C14H30O6Si3. The summed E-state index contributed by atoms with van der Waals surface area (Å²) in [4.78, 5) is 21.6. The zero-order chi connectivity index (χ0) is 18.3. The largest absolute Gasteiger partial charge is 0.478 e. The summed E-state index contributed by atoms with van der Waals surface area (Å²) in [7, 11) is -5.76. The summed E-state index contributed by atoms with van der Waals surface area (Å²) in [6.45, 7) is 15.2. The van der Waals surface area contributed by atoms with Crippen molar-refractivity contribution in [3.8, 4) is 0 Å². The minimum Gasteiger partial charge on any atom is -0.478 e. The van der Waals surface area contributed by atoms with Gasteiger partial charge in [0.2, 0.25) is 0 Å². The third-order valence-electron chi connectivity index (χ3n) is 2.43. The normalized spacial score (nSPS) is 13.3. The second-order valence-corrected chi connectivity index (χ2v) is 20.4. The van der Waals surface area contributed by atoms with Gasteiger partial charge in [0.15, 0.2) is 16.6 Å². The van der Waals surface area contributed by atoms with Gasteiger partial charge in [-0.1, -0.05) is 0 Å². The van der Waals surface area contributed by atoms with Gasteiger partial charge in [-0.25, -0.2) is 9.59 Å². The molecule has 0 fully saturated rings. The van der Waals surface area contributed by atoms with Gasteiger partial charge in [-0.3, -0.25) is 0 Å². The minimum atomic E-state index is -2.31. The van der Waals surface area contributed by atoms with Crippen LogP contribution < -0.4 is 0 Å². The van der Waals surface area contributed by atoms with Crippen molar-refractivity contribution in [1.82, 2.24) is 0 Å². The molecule has 0 aromatic rings. The highest BCUT2D eigenvalue weighted by Crippen LogP contribution is 2.25. The molecule has 0 aromatic carbocycles. The first kappa shape index (κ1) is 22.3. The van der Waals surface area contributed by atoms with Crippen molar-refractivity contribution in [3.63, 3.8) is 0 Å². The van der Waals surface area contributed by atoms with Crippen LogP contribution in [-0.2, 0) is 22.6 Å². The molecule has 0 aliphatic carbocycles. The Labute approximate surface area is 142 Å². The van der Waals surface area contributed by atoms with Crippen molar-refractivity contribution in [1.29, 1.82) is 0 Å². The zero-order valence-corrected chi connectivity index (χ0v) is 18.3. The van der Waals surface area contributed by atoms with Crippen LogP contribution in [-0.4, -0.2) is 48.8 Å². The Morgan fingerprint density at radius 3 is 1.78 bits per heavy atom. The Bertz CT molecular complexity index is 421. The average molecular weight is 379 g/mol. The summed E-state index contributed by atoms with van der Waals surface area (Å²) in [5, 5.41) is 8.44. The molecule has 0 saturated heterocycles. The number of esters is 1. The maximum Gasteiger partial charge on any atom is 0.331 e. The van der Waals surface area contributed by atoms with E-state index in [2.05, 4.69) is 45.8 Å². The minimum absolute atomic E-state index is 0.232. The van der Waals surface area contributed by atoms with Gasteiger partial charge >= 0.3 is 20.5 Å². The quantitative estimate of drug-likeness (QED) is 0.272. The topological polar surface area (TPSA) is 82.1 Å². The molecule has 0 spiro atoms. The predicted octanol–water partition coefficient (Wildman–Crippen LogP) is 3.34. The van der Waals surface area contributed by atoms with E-state index >= 15 is 0 Å². The standard InChI is InChI=1S/C14H30O6Si3/c1-21(2,3)19-23(7,20-22(4,5)6)12-8-11-18-14(17)10-9-13(15)16/h9-10H,8,11-12H2,1-7H3,(H,15,16)/b10-9+. The third-order valence-corrected chi connectivity index (χ3v) is 12.0. The monoisotopic (exact) mass is 378 g/mol. The second kappa shape index (κ2) is 8.92. The summed E-state index contributed by atoms with van der Waals surface area (Å²) in [5.41, 5.74) is 0. The number of rotatable bonds is 10. The van der Waals surface area contributed by atoms with E-state index in [0.29, 0.717) is 6.42 Å². The second-order valence-electron chi connectivity index (χ2n) is 7.51. The molecule has 0 atom stereocenters. The Morgan fingerprint density at radius 1 is 0.913 bits per heavy atom. The van der Waals surface area contributed by atoms with Gasteiger partial charge in [-0.05, 0) is 58.3 Å². The highest BCUT2D eigenvalue weighted by Gasteiger charge is 2.39. The van der Waals surface area contributed by atoms with Crippen molar-refractivity contribution in [2.45, 2.75) is 58.3 Å². The lowest BCUT2D eigenvalue weighted by Gasteiger charge is -2.38. The molecule has 0 heterocycles. The maximum absolute atomic E-state index is 11.3. The Hall–Kier alpha value is -0.749. The molecule has 0 radical (unpaired) electrons. The van der Waals surface area contributed by atoms with Crippen molar-refractivity contribution >= 4 is 37.1 Å². The van der Waals surface area contributed by atoms with E-state index in [9.17, 15) is 9.59 Å². The Kier molecular flexibility index (Phi) is 8.63. The van der Waals surface area contributed by atoms with E-state index in [1.54, 1.807) is 0 Å². The highest BCUT2D eigenvalue weighted by molar-refractivity contribution is 6.87. The number of carbonyl (C=O) groups is 2. The van der Waals surface area contributed by atoms with E-state index in [-0.39, 0.29) is 6.61 Å². The van der Waals surface area contributed by atoms with E-state index in [1.165, 1.54) is 0 Å². The van der Waals surface area contributed by atoms with Gasteiger partial charge in [-0.15, -0.1) is 0 Å². The number of carbonyl (C=O) groups excluding carboxylic acids is 1. The number of ether oxygens (including phenoxy) is 1. The molecule has 0 rings (SSSR count). The van der Waals surface area contributed by atoms with Crippen molar-refractivity contribution in [2.24, 2.45) is 0 Å². The number of hydrogen-bond donors (Lipinski definition) is 1. The number of hydrogen-bond acceptors (Lipinski definition) is 5. The molecule has 0 aromatic heterocycles. The fraction of sp³-hybridized carbons (Fsp3) is 0.714. The van der Waals surface area contributed by atoms with Gasteiger partial charge in [0.25, 0.3) is 0 Å².